The lowest BCUT2D eigenvalue weighted by Gasteiger charge is -2.12. The maximum atomic E-state index is 10.4. The molecule has 0 spiro atoms. The SMILES string of the molecule is Cc1ccc(Oc2ccc(Nc3ncnc(C#C/C=C/CNC(=O)O)c3N)cc2C)cn1. The fourth-order valence-electron chi connectivity index (χ4n) is 2.59. The zero-order valence-electron chi connectivity index (χ0n) is 17.6. The van der Waals surface area contributed by atoms with Crippen LogP contribution in [0, 0.1) is 25.7 Å². The third kappa shape index (κ3) is 6.21. The largest absolute Gasteiger partial charge is 0.465 e. The Hall–Kier alpha value is -4.58. The maximum absolute atomic E-state index is 10.4. The molecule has 0 radical (unpaired) electrons. The number of nitrogens with one attached hydrogen (secondary N) is 2. The van der Waals surface area contributed by atoms with Gasteiger partial charge in [-0.25, -0.2) is 14.8 Å². The van der Waals surface area contributed by atoms with Crippen LogP contribution < -0.4 is 21.1 Å². The van der Waals surface area contributed by atoms with E-state index >= 15 is 0 Å². The van der Waals surface area contributed by atoms with Crippen LogP contribution in [0.2, 0.25) is 0 Å². The fourth-order valence-corrected chi connectivity index (χ4v) is 2.59. The molecule has 0 saturated carbocycles. The van der Waals surface area contributed by atoms with E-state index in [1.54, 1.807) is 12.3 Å². The van der Waals surface area contributed by atoms with Crippen molar-refractivity contribution < 1.29 is 14.6 Å². The average molecular weight is 430 g/mol. The van der Waals surface area contributed by atoms with Gasteiger partial charge in [-0.1, -0.05) is 12.0 Å². The number of benzene rings is 1. The highest BCUT2D eigenvalue weighted by atomic mass is 16.5. The first-order valence-electron chi connectivity index (χ1n) is 9.64. The Kier molecular flexibility index (Phi) is 7.22. The van der Waals surface area contributed by atoms with Crippen LogP contribution in [0.25, 0.3) is 0 Å². The lowest BCUT2D eigenvalue weighted by atomic mass is 10.2. The van der Waals surface area contributed by atoms with Gasteiger partial charge < -0.3 is 26.2 Å². The van der Waals surface area contributed by atoms with E-state index in [1.165, 1.54) is 12.4 Å². The molecule has 0 aliphatic carbocycles. The van der Waals surface area contributed by atoms with Gasteiger partial charge in [-0.15, -0.1) is 0 Å². The number of rotatable bonds is 6. The molecule has 0 bridgehead atoms. The Morgan fingerprint density at radius 3 is 2.78 bits per heavy atom. The minimum absolute atomic E-state index is 0.162. The Morgan fingerprint density at radius 2 is 2.06 bits per heavy atom. The molecule has 0 atom stereocenters. The fraction of sp³-hybridized carbons (Fsp3) is 0.130. The molecule has 0 unspecified atom stereocenters. The summed E-state index contributed by atoms with van der Waals surface area (Å²) in [5.41, 5.74) is 9.45. The predicted octanol–water partition coefficient (Wildman–Crippen LogP) is 3.78. The molecule has 1 amide bonds. The van der Waals surface area contributed by atoms with E-state index in [1.807, 2.05) is 44.2 Å². The first kappa shape index (κ1) is 22.1. The van der Waals surface area contributed by atoms with E-state index in [2.05, 4.69) is 37.4 Å². The molecule has 9 heteroatoms. The molecule has 0 fully saturated rings. The number of aryl methyl sites for hydroxylation is 2. The summed E-state index contributed by atoms with van der Waals surface area (Å²) in [5.74, 6) is 7.40. The molecule has 5 N–H and O–H groups in total. The number of nitrogen functional groups attached to an aromatic ring is 1. The molecule has 0 aliphatic heterocycles. The van der Waals surface area contributed by atoms with Crippen LogP contribution in [0.1, 0.15) is 17.0 Å². The third-order valence-electron chi connectivity index (χ3n) is 4.20. The van der Waals surface area contributed by atoms with E-state index in [4.69, 9.17) is 15.6 Å². The van der Waals surface area contributed by atoms with Crippen molar-refractivity contribution in [1.82, 2.24) is 20.3 Å². The van der Waals surface area contributed by atoms with Gasteiger partial charge in [0.2, 0.25) is 0 Å². The Morgan fingerprint density at radius 1 is 1.22 bits per heavy atom. The van der Waals surface area contributed by atoms with Crippen LogP contribution in [0.15, 0.2) is 55.0 Å². The molecule has 9 nitrogen and oxygen atoms in total. The molecule has 0 aliphatic rings. The molecule has 3 rings (SSSR count). The summed E-state index contributed by atoms with van der Waals surface area (Å²) in [6.45, 7) is 4.02. The van der Waals surface area contributed by atoms with Crippen LogP contribution in [0.3, 0.4) is 0 Å². The summed E-state index contributed by atoms with van der Waals surface area (Å²) in [6, 6.07) is 9.39. The number of hydrogen-bond donors (Lipinski definition) is 4. The van der Waals surface area contributed by atoms with Crippen molar-refractivity contribution >= 4 is 23.3 Å². The number of carbonyl (C=O) groups is 1. The molecule has 2 aromatic heterocycles. The maximum Gasteiger partial charge on any atom is 0.404 e. The van der Waals surface area contributed by atoms with E-state index < -0.39 is 6.09 Å². The zero-order chi connectivity index (χ0) is 22.9. The van der Waals surface area contributed by atoms with Gasteiger partial charge in [0, 0.05) is 17.9 Å². The predicted molar refractivity (Wildman–Crippen MR) is 122 cm³/mol. The molecule has 2 heterocycles. The van der Waals surface area contributed by atoms with Crippen molar-refractivity contribution in [1.29, 1.82) is 0 Å². The van der Waals surface area contributed by atoms with Crippen molar-refractivity contribution in [3.8, 4) is 23.3 Å². The summed E-state index contributed by atoms with van der Waals surface area (Å²) in [5, 5.41) is 13.9. The number of amides is 1. The molecule has 162 valence electrons. The summed E-state index contributed by atoms with van der Waals surface area (Å²) in [4.78, 5) is 22.9. The average Bonchev–Trinajstić information content (AvgIpc) is 2.76. The number of ether oxygens (including phenoxy) is 1. The van der Waals surface area contributed by atoms with Gasteiger partial charge in [0.05, 0.1) is 6.20 Å². The lowest BCUT2D eigenvalue weighted by molar-refractivity contribution is 0.195. The number of nitrogens with zero attached hydrogens (tertiary/aromatic N) is 3. The number of hydrogen-bond acceptors (Lipinski definition) is 7. The number of anilines is 3. The van der Waals surface area contributed by atoms with Crippen LogP contribution in [0.5, 0.6) is 11.5 Å². The topological polar surface area (TPSA) is 135 Å². The Balaban J connectivity index is 1.69. The van der Waals surface area contributed by atoms with Gasteiger partial charge in [-0.3, -0.25) is 4.98 Å². The van der Waals surface area contributed by atoms with Gasteiger partial charge in [0.15, 0.2) is 5.82 Å². The normalized spacial score (nSPS) is 10.3. The number of pyridine rings is 1. The summed E-state index contributed by atoms with van der Waals surface area (Å²) in [6.07, 6.45) is 5.06. The minimum atomic E-state index is -1.10. The number of allylic oxidation sites excluding steroid dienone is 1. The van der Waals surface area contributed by atoms with Crippen molar-refractivity contribution in [2.75, 3.05) is 17.6 Å². The van der Waals surface area contributed by atoms with Gasteiger partial charge in [-0.2, -0.15) is 0 Å². The molecular weight excluding hydrogens is 408 g/mol. The van der Waals surface area contributed by atoms with E-state index in [9.17, 15) is 4.79 Å². The minimum Gasteiger partial charge on any atom is -0.465 e. The Bertz CT molecular complexity index is 1200. The van der Waals surface area contributed by atoms with Crippen molar-refractivity contribution in [3.05, 3.63) is 72.0 Å². The van der Waals surface area contributed by atoms with Crippen LogP contribution in [0.4, 0.5) is 22.0 Å². The van der Waals surface area contributed by atoms with E-state index in [-0.39, 0.29) is 6.54 Å². The number of carboxylic acid groups (broad SMARTS) is 1. The monoisotopic (exact) mass is 430 g/mol. The third-order valence-corrected chi connectivity index (χ3v) is 4.20. The number of aromatic nitrogens is 3. The summed E-state index contributed by atoms with van der Waals surface area (Å²) >= 11 is 0. The second-order valence-corrected chi connectivity index (χ2v) is 6.68. The molecule has 1 aromatic carbocycles. The first-order valence-corrected chi connectivity index (χ1v) is 9.64. The van der Waals surface area contributed by atoms with Crippen LogP contribution in [-0.2, 0) is 0 Å². The van der Waals surface area contributed by atoms with Crippen molar-refractivity contribution in [2.45, 2.75) is 13.8 Å². The van der Waals surface area contributed by atoms with Gasteiger partial charge in [-0.05, 0) is 61.7 Å². The van der Waals surface area contributed by atoms with Gasteiger partial charge >= 0.3 is 6.09 Å². The zero-order valence-corrected chi connectivity index (χ0v) is 17.6. The molecule has 32 heavy (non-hydrogen) atoms. The lowest BCUT2D eigenvalue weighted by Crippen LogP contribution is -2.20. The Labute approximate surface area is 185 Å². The highest BCUT2D eigenvalue weighted by molar-refractivity contribution is 5.73. The summed E-state index contributed by atoms with van der Waals surface area (Å²) in [7, 11) is 0. The van der Waals surface area contributed by atoms with Crippen LogP contribution in [-0.4, -0.2) is 32.7 Å². The van der Waals surface area contributed by atoms with Gasteiger partial charge in [0.25, 0.3) is 0 Å². The summed E-state index contributed by atoms with van der Waals surface area (Å²) < 4.78 is 5.90. The second-order valence-electron chi connectivity index (χ2n) is 6.68. The van der Waals surface area contributed by atoms with Crippen molar-refractivity contribution in [3.63, 3.8) is 0 Å². The quantitative estimate of drug-likeness (QED) is 0.434. The number of nitrogens with two attached hydrogens (primary N) is 1. The highest BCUT2D eigenvalue weighted by Crippen LogP contribution is 2.29. The van der Waals surface area contributed by atoms with Gasteiger partial charge in [0.1, 0.15) is 29.2 Å². The van der Waals surface area contributed by atoms with E-state index in [0.717, 1.165) is 16.9 Å². The first-order chi connectivity index (χ1) is 15.4. The van der Waals surface area contributed by atoms with E-state index in [0.29, 0.717) is 28.7 Å². The van der Waals surface area contributed by atoms with Crippen LogP contribution >= 0.6 is 0 Å². The smallest absolute Gasteiger partial charge is 0.404 e. The molecule has 3 aromatic rings. The standard InChI is InChI=1S/C23H22N6O3/c1-15-12-17(8-10-20(15)32-18-9-7-16(2)26-13-18)29-22-21(24)19(27-14-28-22)6-4-3-5-11-25-23(30)31/h3,5,7-10,12-14,25H,11,24H2,1-2H3,(H,30,31)(H,27,28,29)/b5-3+. The molecular formula is C23H22N6O3. The highest BCUT2D eigenvalue weighted by Gasteiger charge is 2.08. The van der Waals surface area contributed by atoms with Crippen molar-refractivity contribution in [2.24, 2.45) is 0 Å². The second kappa shape index (κ2) is 10.4. The molecule has 0 saturated heterocycles.